The van der Waals surface area contributed by atoms with E-state index in [-0.39, 0.29) is 47.6 Å². The number of Topliss-reactive ketones (excluding diaryl/α,β-unsaturated/α-hetero) is 1. The number of halogens is 6. The lowest BCUT2D eigenvalue weighted by Crippen LogP contribution is -2.19. The van der Waals surface area contributed by atoms with E-state index in [9.17, 15) is 26.7 Å². The molecule has 18 heteroatoms. The molecule has 2 aromatic carbocycles. The monoisotopic (exact) mass is 860 g/mol. The van der Waals surface area contributed by atoms with E-state index in [1.165, 1.54) is 81.7 Å². The molecule has 0 amide bonds. The lowest BCUT2D eigenvalue weighted by molar-refractivity contribution is 0.0784. The van der Waals surface area contributed by atoms with E-state index in [0.717, 1.165) is 0 Å². The predicted molar refractivity (Wildman–Crippen MR) is 184 cm³/mol. The minimum Gasteiger partial charge on any atom is -0.386 e. The molecule has 2 aromatic heterocycles. The molecule has 0 aliphatic carbocycles. The average Bonchev–Trinajstić information content (AvgIpc) is 2.92. The third-order valence-electron chi connectivity index (χ3n) is 5.63. The Kier molecular flexibility index (Phi) is 12.3. The molecule has 240 valence electrons. The van der Waals surface area contributed by atoms with Crippen LogP contribution in [0.4, 0.5) is 11.4 Å². The predicted octanol–water partition coefficient (Wildman–Crippen LogP) is 8.33. The van der Waals surface area contributed by atoms with E-state index in [2.05, 4.69) is 51.3 Å². The summed E-state index contributed by atoms with van der Waals surface area (Å²) >= 11 is 29.8. The molecule has 45 heavy (non-hydrogen) atoms. The number of pyridine rings is 2. The lowest BCUT2D eigenvalue weighted by Gasteiger charge is -2.20. The number of carbonyl (C=O) groups excluding carboxylic acids is 1. The number of nitrogens with one attached hydrogen (secondary N) is 2. The second-order valence-corrected chi connectivity index (χ2v) is 16.1. The van der Waals surface area contributed by atoms with Crippen molar-refractivity contribution in [2.75, 3.05) is 9.44 Å². The Hall–Kier alpha value is -2.01. The lowest BCUT2D eigenvalue weighted by atomic mass is 9.99. The quantitative estimate of drug-likeness (QED) is 0.118. The second kappa shape index (κ2) is 14.8. The number of nitrogens with zero attached hydrogens (tertiary/aromatic N) is 2. The van der Waals surface area contributed by atoms with Gasteiger partial charge in [-0.3, -0.25) is 14.2 Å². The highest BCUT2D eigenvalue weighted by Crippen LogP contribution is 2.32. The van der Waals surface area contributed by atoms with Gasteiger partial charge in [-0.25, -0.2) is 26.8 Å². The molecule has 0 aliphatic rings. The minimum atomic E-state index is -3.91. The van der Waals surface area contributed by atoms with Gasteiger partial charge in [-0.05, 0) is 101 Å². The van der Waals surface area contributed by atoms with E-state index in [0.29, 0.717) is 19.8 Å². The maximum absolute atomic E-state index is 12.5. The number of aliphatic hydroxyl groups is 1. The summed E-state index contributed by atoms with van der Waals surface area (Å²) < 4.78 is 55.2. The number of sulfonamides is 2. The Morgan fingerprint density at radius 3 is 1.60 bits per heavy atom. The Bertz CT molecular complexity index is 1990. The first kappa shape index (κ1) is 37.4. The maximum Gasteiger partial charge on any atom is 0.262 e. The van der Waals surface area contributed by atoms with Gasteiger partial charge in [-0.1, -0.05) is 46.4 Å². The van der Waals surface area contributed by atoms with Gasteiger partial charge < -0.3 is 5.11 Å². The van der Waals surface area contributed by atoms with E-state index in [1.54, 1.807) is 0 Å². The fourth-order valence-corrected chi connectivity index (χ4v) is 7.45. The fourth-order valence-electron chi connectivity index (χ4n) is 3.48. The normalized spacial score (nSPS) is 11.8. The van der Waals surface area contributed by atoms with E-state index in [1.807, 2.05) is 0 Å². The molecule has 0 spiro atoms. The number of hydrogen-bond donors (Lipinski definition) is 3. The summed E-state index contributed by atoms with van der Waals surface area (Å²) in [5.41, 5.74) is -0.442. The zero-order chi connectivity index (χ0) is 33.9. The van der Waals surface area contributed by atoms with Gasteiger partial charge in [-0.15, -0.1) is 0 Å². The molecule has 0 atom stereocenters. The summed E-state index contributed by atoms with van der Waals surface area (Å²) in [7, 11) is -7.82. The van der Waals surface area contributed by atoms with E-state index in [4.69, 9.17) is 46.4 Å². The first-order valence-electron chi connectivity index (χ1n) is 12.2. The van der Waals surface area contributed by atoms with Crippen molar-refractivity contribution in [1.29, 1.82) is 0 Å². The Morgan fingerprint density at radius 2 is 1.18 bits per heavy atom. The zero-order valence-corrected chi connectivity index (χ0v) is 31.1. The van der Waals surface area contributed by atoms with Crippen LogP contribution in [0.25, 0.3) is 0 Å². The van der Waals surface area contributed by atoms with Crippen molar-refractivity contribution < 1.29 is 26.7 Å². The van der Waals surface area contributed by atoms with Gasteiger partial charge in [0.05, 0.1) is 41.8 Å². The minimum absolute atomic E-state index is 0.0362. The molecule has 3 N–H and O–H groups in total. The highest BCUT2D eigenvalue weighted by atomic mass is 79.9. The van der Waals surface area contributed by atoms with Crippen LogP contribution in [0.2, 0.25) is 20.1 Å². The Labute approximate surface area is 296 Å². The Balaban J connectivity index is 0.000000246. The number of ketones is 1. The topological polar surface area (TPSA) is 155 Å². The molecule has 4 aromatic rings. The fraction of sp³-hybridized carbons (Fsp3) is 0.148. The number of rotatable bonds is 8. The number of benzene rings is 2. The van der Waals surface area contributed by atoms with Crippen molar-refractivity contribution in [1.82, 2.24) is 9.97 Å². The van der Waals surface area contributed by atoms with Crippen LogP contribution >= 0.6 is 78.3 Å². The van der Waals surface area contributed by atoms with Crippen LogP contribution < -0.4 is 9.44 Å². The Morgan fingerprint density at radius 1 is 0.756 bits per heavy atom. The molecular weight excluding hydrogens is 842 g/mol. The standard InChI is InChI=1S/C14H13BrCl2N2O3S.C13H9BrCl2N2O3S/c1-14(2,20)10-6-9(3-4-11(10)17)23(21,22)19-12-5-8(16)7-18-13(12)15;1-7(19)10-5-9(2-3-11(10)16)22(20,21)18-12-4-8(15)6-17-13(12)14/h3-7,19-20H,1-2H3;2-6,18H,1H3. The van der Waals surface area contributed by atoms with Crippen molar-refractivity contribution in [3.05, 3.63) is 101 Å². The summed E-state index contributed by atoms with van der Waals surface area (Å²) in [6.07, 6.45) is 2.76. The van der Waals surface area contributed by atoms with Gasteiger partial charge in [0.15, 0.2) is 5.78 Å². The van der Waals surface area contributed by atoms with E-state index < -0.39 is 25.6 Å². The van der Waals surface area contributed by atoms with Gasteiger partial charge in [0.2, 0.25) is 0 Å². The van der Waals surface area contributed by atoms with Crippen LogP contribution in [0.1, 0.15) is 36.7 Å². The van der Waals surface area contributed by atoms with Gasteiger partial charge in [-0.2, -0.15) is 0 Å². The number of carbonyl (C=O) groups is 1. The maximum atomic E-state index is 12.5. The third-order valence-corrected chi connectivity index (χ3v) is 10.7. The van der Waals surface area contributed by atoms with E-state index >= 15 is 0 Å². The molecular formula is C27H22Br2Cl4N4O6S2. The number of anilines is 2. The second-order valence-electron chi connectivity index (χ2n) is 9.59. The molecule has 0 bridgehead atoms. The molecule has 2 heterocycles. The van der Waals surface area contributed by atoms with Crippen LogP contribution in [0.3, 0.4) is 0 Å². The summed E-state index contributed by atoms with van der Waals surface area (Å²) in [4.78, 5) is 19.2. The average molecular weight is 864 g/mol. The summed E-state index contributed by atoms with van der Waals surface area (Å²) in [5, 5.41) is 11.1. The SMILES string of the molecule is CC(=O)c1cc(S(=O)(=O)Nc2cc(Cl)cnc2Br)ccc1Cl.CC(C)(O)c1cc(S(=O)(=O)Nc2cc(Cl)cnc2Br)ccc1Cl. The van der Waals surface area contributed by atoms with Crippen LogP contribution in [0.15, 0.2) is 79.9 Å². The molecule has 4 rings (SSSR count). The van der Waals surface area contributed by atoms with Gasteiger partial charge in [0.1, 0.15) is 9.21 Å². The first-order valence-corrected chi connectivity index (χ1v) is 18.3. The van der Waals surface area contributed by atoms with Crippen LogP contribution in [-0.2, 0) is 25.6 Å². The van der Waals surface area contributed by atoms with Crippen molar-refractivity contribution in [2.45, 2.75) is 36.2 Å². The summed E-state index contributed by atoms with van der Waals surface area (Å²) in [6.45, 7) is 4.35. The van der Waals surface area contributed by atoms with Gasteiger partial charge in [0, 0.05) is 28.5 Å². The summed E-state index contributed by atoms with van der Waals surface area (Å²) in [6, 6.07) is 10.8. The highest BCUT2D eigenvalue weighted by molar-refractivity contribution is 9.10. The van der Waals surface area contributed by atoms with Crippen molar-refractivity contribution in [2.24, 2.45) is 0 Å². The van der Waals surface area contributed by atoms with Crippen molar-refractivity contribution in [3.63, 3.8) is 0 Å². The van der Waals surface area contributed by atoms with Crippen LogP contribution in [0, 0.1) is 0 Å². The van der Waals surface area contributed by atoms with Gasteiger partial charge in [0.25, 0.3) is 20.0 Å². The highest BCUT2D eigenvalue weighted by Gasteiger charge is 2.24. The molecule has 0 aliphatic heterocycles. The third kappa shape index (κ3) is 9.99. The summed E-state index contributed by atoms with van der Waals surface area (Å²) in [5.74, 6) is -0.326. The van der Waals surface area contributed by atoms with Crippen molar-refractivity contribution in [3.8, 4) is 0 Å². The first-order chi connectivity index (χ1) is 20.7. The zero-order valence-electron chi connectivity index (χ0n) is 23.2. The molecule has 0 radical (unpaired) electrons. The molecule has 0 unspecified atom stereocenters. The van der Waals surface area contributed by atoms with Crippen LogP contribution in [0.5, 0.6) is 0 Å². The number of aromatic nitrogens is 2. The molecule has 0 fully saturated rings. The van der Waals surface area contributed by atoms with Gasteiger partial charge >= 0.3 is 0 Å². The largest absolute Gasteiger partial charge is 0.386 e. The molecule has 10 nitrogen and oxygen atoms in total. The smallest absolute Gasteiger partial charge is 0.262 e. The molecule has 0 saturated heterocycles. The van der Waals surface area contributed by atoms with Crippen molar-refractivity contribution >= 4 is 115 Å². The van der Waals surface area contributed by atoms with Crippen LogP contribution in [-0.4, -0.2) is 37.7 Å². The molecule has 0 saturated carbocycles. The number of hydrogen-bond acceptors (Lipinski definition) is 8.